The van der Waals surface area contributed by atoms with Gasteiger partial charge in [-0.15, -0.1) is 0 Å². The van der Waals surface area contributed by atoms with Gasteiger partial charge in [-0.2, -0.15) is 0 Å². The van der Waals surface area contributed by atoms with Crippen LogP contribution in [0.1, 0.15) is 32.3 Å². The van der Waals surface area contributed by atoms with Crippen LogP contribution in [0, 0.1) is 6.92 Å². The average molecular weight is 220 g/mol. The van der Waals surface area contributed by atoms with Gasteiger partial charge in [-0.05, 0) is 45.2 Å². The second-order valence-corrected chi connectivity index (χ2v) is 5.13. The minimum atomic E-state index is -0.00791. The summed E-state index contributed by atoms with van der Waals surface area (Å²) in [5.41, 5.74) is 2.39. The molecule has 1 atom stereocenters. The summed E-state index contributed by atoms with van der Waals surface area (Å²) in [5, 5.41) is 3.56. The third kappa shape index (κ3) is 2.73. The first-order chi connectivity index (χ1) is 7.57. The van der Waals surface area contributed by atoms with Crippen LogP contribution in [-0.4, -0.2) is 23.2 Å². The van der Waals surface area contributed by atoms with Crippen molar-refractivity contribution in [2.24, 2.45) is 0 Å². The van der Waals surface area contributed by atoms with Crippen molar-refractivity contribution in [1.29, 1.82) is 0 Å². The fraction of sp³-hybridized carbons (Fsp3) is 0.615. The van der Waals surface area contributed by atoms with Gasteiger partial charge in [-0.3, -0.25) is 4.98 Å². The van der Waals surface area contributed by atoms with Crippen LogP contribution in [0.15, 0.2) is 18.5 Å². The number of aromatic nitrogens is 1. The predicted molar refractivity (Wildman–Crippen MR) is 65.6 cm³/mol. The predicted octanol–water partition coefficient (Wildman–Crippen LogP) is 2.76. The molecule has 16 heavy (non-hydrogen) atoms. The van der Waals surface area contributed by atoms with Crippen molar-refractivity contribution in [2.75, 3.05) is 11.9 Å². The van der Waals surface area contributed by atoms with E-state index in [9.17, 15) is 0 Å². The number of anilines is 1. The van der Waals surface area contributed by atoms with Crippen LogP contribution in [-0.2, 0) is 4.74 Å². The first kappa shape index (κ1) is 11.4. The third-order valence-electron chi connectivity index (χ3n) is 3.10. The van der Waals surface area contributed by atoms with E-state index in [4.69, 9.17) is 4.74 Å². The van der Waals surface area contributed by atoms with E-state index in [1.807, 2.05) is 18.5 Å². The standard InChI is InChI=1S/C13H20N2O/c1-10-4-6-14-9-12(10)15-11-5-7-16-13(2,3)8-11/h4,6,9,11,15H,5,7-8H2,1-3H3. The van der Waals surface area contributed by atoms with E-state index in [0.717, 1.165) is 25.1 Å². The number of pyridine rings is 1. The molecule has 1 N–H and O–H groups in total. The van der Waals surface area contributed by atoms with E-state index in [1.54, 1.807) is 0 Å². The highest BCUT2D eigenvalue weighted by molar-refractivity contribution is 5.48. The molecule has 3 heteroatoms. The van der Waals surface area contributed by atoms with Crippen molar-refractivity contribution >= 4 is 5.69 Å². The SMILES string of the molecule is Cc1ccncc1NC1CCOC(C)(C)C1. The number of ether oxygens (including phenoxy) is 1. The second-order valence-electron chi connectivity index (χ2n) is 5.13. The lowest BCUT2D eigenvalue weighted by Crippen LogP contribution is -2.40. The van der Waals surface area contributed by atoms with Gasteiger partial charge in [0.05, 0.1) is 17.5 Å². The molecule has 0 amide bonds. The fourth-order valence-corrected chi connectivity index (χ4v) is 2.19. The van der Waals surface area contributed by atoms with E-state index >= 15 is 0 Å². The summed E-state index contributed by atoms with van der Waals surface area (Å²) >= 11 is 0. The molecular formula is C13H20N2O. The summed E-state index contributed by atoms with van der Waals surface area (Å²) in [6.07, 6.45) is 5.84. The summed E-state index contributed by atoms with van der Waals surface area (Å²) in [6, 6.07) is 2.53. The van der Waals surface area contributed by atoms with Crippen LogP contribution in [0.2, 0.25) is 0 Å². The van der Waals surface area contributed by atoms with E-state index < -0.39 is 0 Å². The molecule has 2 rings (SSSR count). The summed E-state index contributed by atoms with van der Waals surface area (Å²) < 4.78 is 5.71. The van der Waals surface area contributed by atoms with Crippen molar-refractivity contribution in [3.8, 4) is 0 Å². The highest BCUT2D eigenvalue weighted by Crippen LogP contribution is 2.26. The van der Waals surface area contributed by atoms with Gasteiger partial charge in [0.1, 0.15) is 0 Å². The molecule has 0 aliphatic carbocycles. The van der Waals surface area contributed by atoms with Crippen LogP contribution >= 0.6 is 0 Å². The van der Waals surface area contributed by atoms with Gasteiger partial charge in [-0.1, -0.05) is 0 Å². The lowest BCUT2D eigenvalue weighted by molar-refractivity contribution is -0.0553. The van der Waals surface area contributed by atoms with Crippen LogP contribution < -0.4 is 5.32 Å². The van der Waals surface area contributed by atoms with Crippen molar-refractivity contribution < 1.29 is 4.74 Å². The van der Waals surface area contributed by atoms with E-state index in [1.165, 1.54) is 5.56 Å². The maximum atomic E-state index is 5.71. The van der Waals surface area contributed by atoms with Crippen molar-refractivity contribution in [3.05, 3.63) is 24.0 Å². The minimum absolute atomic E-state index is 0.00791. The molecule has 0 aromatic carbocycles. The van der Waals surface area contributed by atoms with Crippen LogP contribution in [0.5, 0.6) is 0 Å². The Morgan fingerprint density at radius 2 is 2.31 bits per heavy atom. The normalized spacial score (nSPS) is 24.1. The number of rotatable bonds is 2. The summed E-state index contributed by atoms with van der Waals surface area (Å²) in [4.78, 5) is 4.15. The molecule has 1 unspecified atom stereocenters. The topological polar surface area (TPSA) is 34.2 Å². The Bertz CT molecular complexity index is 363. The largest absolute Gasteiger partial charge is 0.381 e. The van der Waals surface area contributed by atoms with Crippen molar-refractivity contribution in [3.63, 3.8) is 0 Å². The van der Waals surface area contributed by atoms with Gasteiger partial charge < -0.3 is 10.1 Å². The molecule has 1 aromatic heterocycles. The molecule has 1 aliphatic rings. The number of aryl methyl sites for hydroxylation is 1. The minimum Gasteiger partial charge on any atom is -0.381 e. The molecule has 1 aromatic rings. The zero-order valence-corrected chi connectivity index (χ0v) is 10.3. The number of hydrogen-bond donors (Lipinski definition) is 1. The number of hydrogen-bond acceptors (Lipinski definition) is 3. The number of nitrogens with zero attached hydrogens (tertiary/aromatic N) is 1. The Hall–Kier alpha value is -1.09. The van der Waals surface area contributed by atoms with Crippen LogP contribution in [0.4, 0.5) is 5.69 Å². The molecule has 0 saturated carbocycles. The lowest BCUT2D eigenvalue weighted by atomic mass is 9.93. The van der Waals surface area contributed by atoms with Crippen molar-refractivity contribution in [1.82, 2.24) is 4.98 Å². The van der Waals surface area contributed by atoms with Crippen molar-refractivity contribution in [2.45, 2.75) is 45.3 Å². The molecule has 88 valence electrons. The second kappa shape index (κ2) is 4.42. The Morgan fingerprint density at radius 1 is 1.50 bits per heavy atom. The Balaban J connectivity index is 2.02. The average Bonchev–Trinajstić information content (AvgIpc) is 2.20. The Labute approximate surface area is 97.2 Å². The summed E-state index contributed by atoms with van der Waals surface area (Å²) in [5.74, 6) is 0. The maximum absolute atomic E-state index is 5.71. The zero-order chi connectivity index (χ0) is 11.6. The molecule has 1 saturated heterocycles. The van der Waals surface area contributed by atoms with E-state index in [0.29, 0.717) is 6.04 Å². The van der Waals surface area contributed by atoms with E-state index in [-0.39, 0.29) is 5.60 Å². The molecule has 3 nitrogen and oxygen atoms in total. The fourth-order valence-electron chi connectivity index (χ4n) is 2.19. The quantitative estimate of drug-likeness (QED) is 0.832. The Morgan fingerprint density at radius 3 is 3.00 bits per heavy atom. The zero-order valence-electron chi connectivity index (χ0n) is 10.3. The van der Waals surface area contributed by atoms with Gasteiger partial charge >= 0.3 is 0 Å². The highest BCUT2D eigenvalue weighted by atomic mass is 16.5. The number of nitrogens with one attached hydrogen (secondary N) is 1. The van der Waals surface area contributed by atoms with Gasteiger partial charge in [0.2, 0.25) is 0 Å². The summed E-state index contributed by atoms with van der Waals surface area (Å²) in [7, 11) is 0. The first-order valence-corrected chi connectivity index (χ1v) is 5.88. The van der Waals surface area contributed by atoms with E-state index in [2.05, 4.69) is 31.1 Å². The van der Waals surface area contributed by atoms with Crippen LogP contribution in [0.3, 0.4) is 0 Å². The first-order valence-electron chi connectivity index (χ1n) is 5.88. The molecule has 0 spiro atoms. The third-order valence-corrected chi connectivity index (χ3v) is 3.10. The van der Waals surface area contributed by atoms with Gasteiger partial charge in [0.25, 0.3) is 0 Å². The molecule has 0 bridgehead atoms. The van der Waals surface area contributed by atoms with Gasteiger partial charge in [0.15, 0.2) is 0 Å². The maximum Gasteiger partial charge on any atom is 0.0646 e. The van der Waals surface area contributed by atoms with Gasteiger partial charge in [-0.25, -0.2) is 0 Å². The monoisotopic (exact) mass is 220 g/mol. The summed E-state index contributed by atoms with van der Waals surface area (Å²) in [6.45, 7) is 7.24. The molecular weight excluding hydrogens is 200 g/mol. The molecule has 0 radical (unpaired) electrons. The molecule has 1 fully saturated rings. The highest BCUT2D eigenvalue weighted by Gasteiger charge is 2.28. The van der Waals surface area contributed by atoms with Gasteiger partial charge in [0, 0.05) is 18.8 Å². The van der Waals surface area contributed by atoms with Crippen LogP contribution in [0.25, 0.3) is 0 Å². The lowest BCUT2D eigenvalue weighted by Gasteiger charge is -2.36. The molecule has 1 aliphatic heterocycles. The smallest absolute Gasteiger partial charge is 0.0646 e. The Kier molecular flexibility index (Phi) is 3.15. The molecule has 2 heterocycles.